The van der Waals surface area contributed by atoms with Crippen molar-refractivity contribution in [3.63, 3.8) is 0 Å². The van der Waals surface area contributed by atoms with Gasteiger partial charge in [0, 0.05) is 6.42 Å². The maximum absolute atomic E-state index is 12.2. The summed E-state index contributed by atoms with van der Waals surface area (Å²) in [5.74, 6) is 1.08. The molecule has 29 heavy (non-hydrogen) atoms. The van der Waals surface area contributed by atoms with Crippen LogP contribution >= 0.6 is 0 Å². The van der Waals surface area contributed by atoms with Gasteiger partial charge in [-0.15, -0.1) is 13.2 Å². The third-order valence-electron chi connectivity index (χ3n) is 3.99. The lowest BCUT2D eigenvalue weighted by Gasteiger charge is -2.12. The summed E-state index contributed by atoms with van der Waals surface area (Å²) in [6, 6.07) is 20.4. The molecule has 2 N–H and O–H groups in total. The van der Waals surface area contributed by atoms with E-state index in [1.54, 1.807) is 18.2 Å². The van der Waals surface area contributed by atoms with Gasteiger partial charge in [0.25, 0.3) is 0 Å². The van der Waals surface area contributed by atoms with Crippen LogP contribution in [0.25, 0.3) is 11.1 Å². The number of halogens is 3. The minimum Gasteiger partial charge on any atom is -0.493 e. The Labute approximate surface area is 166 Å². The van der Waals surface area contributed by atoms with Crippen molar-refractivity contribution in [1.82, 2.24) is 0 Å². The quantitative estimate of drug-likeness (QED) is 0.388. The predicted molar refractivity (Wildman–Crippen MR) is 105 cm³/mol. The molecular weight excluding hydrogens is 383 g/mol. The molecular formula is C22H20F3NO3. The van der Waals surface area contributed by atoms with Crippen LogP contribution in [0.15, 0.2) is 72.8 Å². The first kappa shape index (κ1) is 20.4. The Hall–Kier alpha value is -3.35. The Morgan fingerprint density at radius 2 is 1.38 bits per heavy atom. The van der Waals surface area contributed by atoms with Crippen LogP contribution in [0, 0.1) is 0 Å². The molecule has 0 spiro atoms. The number of nitrogens with two attached hydrogens (primary N) is 1. The van der Waals surface area contributed by atoms with Gasteiger partial charge in [0.05, 0.1) is 18.9 Å². The molecule has 7 heteroatoms. The van der Waals surface area contributed by atoms with Gasteiger partial charge < -0.3 is 19.9 Å². The summed E-state index contributed by atoms with van der Waals surface area (Å²) < 4.78 is 51.9. The van der Waals surface area contributed by atoms with Gasteiger partial charge in [0.15, 0.2) is 0 Å². The zero-order chi connectivity index (χ0) is 20.7. The first-order valence-corrected chi connectivity index (χ1v) is 8.97. The molecule has 0 atom stereocenters. The molecule has 3 aromatic carbocycles. The number of rotatable bonds is 8. The second kappa shape index (κ2) is 9.23. The fourth-order valence-electron chi connectivity index (χ4n) is 2.66. The fraction of sp³-hybridized carbons (Fsp3) is 0.182. The van der Waals surface area contributed by atoms with Gasteiger partial charge in [-0.05, 0) is 47.5 Å². The lowest BCUT2D eigenvalue weighted by Crippen LogP contribution is -2.16. The van der Waals surface area contributed by atoms with Crippen molar-refractivity contribution < 1.29 is 27.4 Å². The van der Waals surface area contributed by atoms with Crippen molar-refractivity contribution in [1.29, 1.82) is 0 Å². The zero-order valence-electron chi connectivity index (χ0n) is 15.5. The molecule has 0 bridgehead atoms. The van der Waals surface area contributed by atoms with E-state index < -0.39 is 6.36 Å². The van der Waals surface area contributed by atoms with Gasteiger partial charge in [-0.25, -0.2) is 0 Å². The average Bonchev–Trinajstić information content (AvgIpc) is 2.69. The predicted octanol–water partition coefficient (Wildman–Crippen LogP) is 5.68. The highest BCUT2D eigenvalue weighted by atomic mass is 19.4. The summed E-state index contributed by atoms with van der Waals surface area (Å²) >= 11 is 0. The normalized spacial score (nSPS) is 11.1. The molecule has 0 saturated carbocycles. The van der Waals surface area contributed by atoms with Crippen LogP contribution in [0.2, 0.25) is 0 Å². The lowest BCUT2D eigenvalue weighted by atomic mass is 10.0. The van der Waals surface area contributed by atoms with Gasteiger partial charge in [-0.1, -0.05) is 36.4 Å². The van der Waals surface area contributed by atoms with E-state index in [9.17, 15) is 13.2 Å². The minimum absolute atomic E-state index is 0.271. The molecule has 0 heterocycles. The summed E-state index contributed by atoms with van der Waals surface area (Å²) in [6.45, 7) is 0.966. The molecule has 0 aliphatic rings. The van der Waals surface area contributed by atoms with E-state index >= 15 is 0 Å². The average molecular weight is 403 g/mol. The van der Waals surface area contributed by atoms with Crippen molar-refractivity contribution in [3.8, 4) is 28.4 Å². The number of benzene rings is 3. The second-order valence-electron chi connectivity index (χ2n) is 6.19. The molecule has 0 fully saturated rings. The van der Waals surface area contributed by atoms with Crippen molar-refractivity contribution in [2.24, 2.45) is 0 Å². The molecule has 3 rings (SSSR count). The minimum atomic E-state index is -4.71. The third-order valence-corrected chi connectivity index (χ3v) is 3.99. The maximum atomic E-state index is 12.2. The Kier molecular flexibility index (Phi) is 6.49. The van der Waals surface area contributed by atoms with Crippen molar-refractivity contribution in [2.75, 3.05) is 18.9 Å². The van der Waals surface area contributed by atoms with Crippen LogP contribution in [0.3, 0.4) is 0 Å². The van der Waals surface area contributed by atoms with E-state index in [0.29, 0.717) is 36.6 Å². The molecule has 0 unspecified atom stereocenters. The molecule has 4 nitrogen and oxygen atoms in total. The van der Waals surface area contributed by atoms with E-state index in [0.717, 1.165) is 11.3 Å². The molecule has 3 aromatic rings. The van der Waals surface area contributed by atoms with Gasteiger partial charge in [0.1, 0.15) is 17.2 Å². The first-order valence-electron chi connectivity index (χ1n) is 8.97. The Bertz CT molecular complexity index is 913. The Morgan fingerprint density at radius 1 is 0.724 bits per heavy atom. The third kappa shape index (κ3) is 6.34. The molecule has 0 amide bonds. The van der Waals surface area contributed by atoms with Crippen LogP contribution in [0.5, 0.6) is 17.2 Å². The number of alkyl halides is 3. The highest BCUT2D eigenvalue weighted by molar-refractivity contribution is 5.71. The highest BCUT2D eigenvalue weighted by Gasteiger charge is 2.30. The van der Waals surface area contributed by atoms with Crippen molar-refractivity contribution in [2.45, 2.75) is 12.8 Å². The second-order valence-corrected chi connectivity index (χ2v) is 6.19. The van der Waals surface area contributed by atoms with E-state index in [4.69, 9.17) is 15.2 Å². The van der Waals surface area contributed by atoms with Gasteiger partial charge in [0.2, 0.25) is 0 Å². The summed E-state index contributed by atoms with van der Waals surface area (Å²) in [4.78, 5) is 0. The van der Waals surface area contributed by atoms with E-state index in [1.807, 2.05) is 30.3 Å². The van der Waals surface area contributed by atoms with Gasteiger partial charge in [-0.3, -0.25) is 0 Å². The number of nitrogen functional groups attached to an aromatic ring is 1. The summed E-state index contributed by atoms with van der Waals surface area (Å²) in [5.41, 5.74) is 7.98. The van der Waals surface area contributed by atoms with E-state index in [-0.39, 0.29) is 5.75 Å². The SMILES string of the molecule is Nc1cc(-c2ccc(OC(F)(F)F)cc2)ccc1OCCCOc1ccccc1. The summed E-state index contributed by atoms with van der Waals surface area (Å²) in [7, 11) is 0. The molecule has 0 aliphatic heterocycles. The number of anilines is 1. The summed E-state index contributed by atoms with van der Waals surface area (Å²) in [6.07, 6.45) is -4.02. The Morgan fingerprint density at radius 3 is 2.03 bits per heavy atom. The maximum Gasteiger partial charge on any atom is 0.573 e. The lowest BCUT2D eigenvalue weighted by molar-refractivity contribution is -0.274. The van der Waals surface area contributed by atoms with Crippen LogP contribution in [0.1, 0.15) is 6.42 Å². The van der Waals surface area contributed by atoms with E-state index in [1.165, 1.54) is 24.3 Å². The van der Waals surface area contributed by atoms with Crippen molar-refractivity contribution >= 4 is 5.69 Å². The summed E-state index contributed by atoms with van der Waals surface area (Å²) in [5, 5.41) is 0. The number of ether oxygens (including phenoxy) is 3. The van der Waals surface area contributed by atoms with Crippen molar-refractivity contribution in [3.05, 3.63) is 72.8 Å². The molecule has 0 aromatic heterocycles. The first-order chi connectivity index (χ1) is 13.9. The van der Waals surface area contributed by atoms with Crippen LogP contribution in [0.4, 0.5) is 18.9 Å². The van der Waals surface area contributed by atoms with Crippen LogP contribution < -0.4 is 19.9 Å². The standard InChI is InChI=1S/C22H20F3NO3/c23-22(24,25)29-19-10-7-16(8-11-19)17-9-12-21(20(26)15-17)28-14-4-13-27-18-5-2-1-3-6-18/h1-3,5-12,15H,4,13-14,26H2. The van der Waals surface area contributed by atoms with Crippen LogP contribution in [-0.4, -0.2) is 19.6 Å². The van der Waals surface area contributed by atoms with E-state index in [2.05, 4.69) is 4.74 Å². The fourth-order valence-corrected chi connectivity index (χ4v) is 2.66. The number of para-hydroxylation sites is 1. The van der Waals surface area contributed by atoms with Gasteiger partial charge in [-0.2, -0.15) is 0 Å². The molecule has 0 aliphatic carbocycles. The smallest absolute Gasteiger partial charge is 0.493 e. The molecule has 0 radical (unpaired) electrons. The molecule has 152 valence electrons. The highest BCUT2D eigenvalue weighted by Crippen LogP contribution is 2.31. The number of hydrogen-bond acceptors (Lipinski definition) is 4. The molecule has 0 saturated heterocycles. The van der Waals surface area contributed by atoms with Gasteiger partial charge >= 0.3 is 6.36 Å². The topological polar surface area (TPSA) is 53.7 Å². The van der Waals surface area contributed by atoms with Crippen LogP contribution in [-0.2, 0) is 0 Å². The monoisotopic (exact) mass is 403 g/mol. The zero-order valence-corrected chi connectivity index (χ0v) is 15.5. The Balaban J connectivity index is 1.52. The number of hydrogen-bond donors (Lipinski definition) is 1. The largest absolute Gasteiger partial charge is 0.573 e.